The molecule has 2 aromatic rings. The van der Waals surface area contributed by atoms with Gasteiger partial charge in [-0.1, -0.05) is 26.0 Å². The first-order valence-corrected chi connectivity index (χ1v) is 9.74. The summed E-state index contributed by atoms with van der Waals surface area (Å²) in [5.74, 6) is -2.29. The van der Waals surface area contributed by atoms with E-state index in [1.165, 1.54) is 6.07 Å². The third-order valence-electron chi connectivity index (χ3n) is 4.91. The number of nitrogens with one attached hydrogen (secondary N) is 1. The van der Waals surface area contributed by atoms with Crippen LogP contribution < -0.4 is 14.8 Å². The zero-order valence-corrected chi connectivity index (χ0v) is 17.1. The molecule has 2 amide bonds. The van der Waals surface area contributed by atoms with Crippen LogP contribution in [0.3, 0.4) is 0 Å². The maximum Gasteiger partial charge on any atom is 0.257 e. The average molecular weight is 418 g/mol. The second kappa shape index (κ2) is 9.11. The number of carbonyl (C=O) groups excluding carboxylic acids is 2. The van der Waals surface area contributed by atoms with Crippen molar-refractivity contribution < 1.29 is 27.8 Å². The molecule has 1 aliphatic heterocycles. The van der Waals surface area contributed by atoms with E-state index >= 15 is 0 Å². The lowest BCUT2D eigenvalue weighted by Crippen LogP contribution is -2.51. The van der Waals surface area contributed by atoms with Gasteiger partial charge in [-0.05, 0) is 42.7 Å². The summed E-state index contributed by atoms with van der Waals surface area (Å²) < 4.78 is 38.6. The highest BCUT2D eigenvalue weighted by Gasteiger charge is 2.30. The maximum absolute atomic E-state index is 14.0. The largest absolute Gasteiger partial charge is 0.454 e. The zero-order chi connectivity index (χ0) is 21.8. The lowest BCUT2D eigenvalue weighted by molar-refractivity contribution is -0.134. The Morgan fingerprint density at radius 2 is 1.77 bits per heavy atom. The summed E-state index contributed by atoms with van der Waals surface area (Å²) in [5, 5.41) is 2.50. The molecule has 1 heterocycles. The Morgan fingerprint density at radius 3 is 2.40 bits per heavy atom. The summed E-state index contributed by atoms with van der Waals surface area (Å²) in [6, 6.07) is 7.65. The van der Waals surface area contributed by atoms with Crippen LogP contribution >= 0.6 is 0 Å². The van der Waals surface area contributed by atoms with E-state index in [1.54, 1.807) is 30.9 Å². The van der Waals surface area contributed by atoms with E-state index in [0.717, 1.165) is 17.7 Å². The smallest absolute Gasteiger partial charge is 0.257 e. The number of halogens is 2. The molecule has 0 aromatic heterocycles. The predicted octanol–water partition coefficient (Wildman–Crippen LogP) is 3.50. The first-order chi connectivity index (χ1) is 14.3. The highest BCUT2D eigenvalue weighted by molar-refractivity contribution is 5.98. The average Bonchev–Trinajstić information content (AvgIpc) is 3.17. The summed E-state index contributed by atoms with van der Waals surface area (Å²) in [5.41, 5.74) is 0.137. The van der Waals surface area contributed by atoms with E-state index in [9.17, 15) is 18.4 Å². The lowest BCUT2D eigenvalue weighted by atomic mass is 10.0. The molecular formula is C22H24F2N2O4. The number of likely N-dealkylation sites (N-methyl/N-ethyl adjacent to an activating group) is 1. The number of rotatable bonds is 7. The van der Waals surface area contributed by atoms with Gasteiger partial charge in [-0.25, -0.2) is 8.78 Å². The van der Waals surface area contributed by atoms with Gasteiger partial charge in [0.2, 0.25) is 12.7 Å². The van der Waals surface area contributed by atoms with Crippen molar-refractivity contribution in [1.82, 2.24) is 10.2 Å². The molecule has 0 radical (unpaired) electrons. The predicted molar refractivity (Wildman–Crippen MR) is 106 cm³/mol. The van der Waals surface area contributed by atoms with Crippen LogP contribution in [0.25, 0.3) is 0 Å². The molecule has 0 saturated heterocycles. The second-order valence-corrected chi connectivity index (χ2v) is 7.33. The minimum absolute atomic E-state index is 0.156. The molecule has 1 unspecified atom stereocenters. The Bertz CT molecular complexity index is 928. The molecular weight excluding hydrogens is 394 g/mol. The molecule has 0 spiro atoms. The van der Waals surface area contributed by atoms with Gasteiger partial charge in [0.25, 0.3) is 5.91 Å². The van der Waals surface area contributed by atoms with Gasteiger partial charge in [0.05, 0.1) is 0 Å². The molecule has 1 N–H and O–H groups in total. The van der Waals surface area contributed by atoms with Gasteiger partial charge in [0.15, 0.2) is 11.5 Å². The highest BCUT2D eigenvalue weighted by Crippen LogP contribution is 2.32. The van der Waals surface area contributed by atoms with Gasteiger partial charge in [0, 0.05) is 13.1 Å². The van der Waals surface area contributed by atoms with Crippen LogP contribution in [0, 0.1) is 17.6 Å². The van der Waals surface area contributed by atoms with Crippen LogP contribution in [0.5, 0.6) is 11.5 Å². The zero-order valence-electron chi connectivity index (χ0n) is 17.1. The van der Waals surface area contributed by atoms with Gasteiger partial charge in [-0.3, -0.25) is 9.59 Å². The normalized spacial score (nSPS) is 13.3. The first-order valence-electron chi connectivity index (χ1n) is 9.74. The van der Waals surface area contributed by atoms with E-state index in [4.69, 9.17) is 9.47 Å². The summed E-state index contributed by atoms with van der Waals surface area (Å²) in [7, 11) is 0. The monoisotopic (exact) mass is 418 g/mol. The standard InChI is InChI=1S/C22H24F2N2O4/c1-4-26(11-14-8-9-17-18(10-14)30-12-29-17)22(28)20(13(2)3)25-21(27)19-15(23)6-5-7-16(19)24/h5-10,13,20H,4,11-12H2,1-3H3,(H,25,27). The third-order valence-corrected chi connectivity index (χ3v) is 4.91. The van der Waals surface area contributed by atoms with Crippen LogP contribution in [-0.4, -0.2) is 36.1 Å². The number of carbonyl (C=O) groups is 2. The number of nitrogens with zero attached hydrogens (tertiary/aromatic N) is 1. The molecule has 6 nitrogen and oxygen atoms in total. The summed E-state index contributed by atoms with van der Waals surface area (Å²) in [6.07, 6.45) is 0. The fourth-order valence-corrected chi connectivity index (χ4v) is 3.24. The van der Waals surface area contributed by atoms with Gasteiger partial charge >= 0.3 is 0 Å². The van der Waals surface area contributed by atoms with E-state index in [2.05, 4.69) is 5.32 Å². The number of ether oxygens (including phenoxy) is 2. The van der Waals surface area contributed by atoms with Crippen molar-refractivity contribution in [2.45, 2.75) is 33.4 Å². The van der Waals surface area contributed by atoms with Crippen molar-refractivity contribution >= 4 is 11.8 Å². The Hall–Kier alpha value is -3.16. The van der Waals surface area contributed by atoms with E-state index < -0.39 is 29.1 Å². The van der Waals surface area contributed by atoms with Crippen molar-refractivity contribution in [3.05, 3.63) is 59.2 Å². The summed E-state index contributed by atoms with van der Waals surface area (Å²) >= 11 is 0. The molecule has 8 heteroatoms. The molecule has 30 heavy (non-hydrogen) atoms. The topological polar surface area (TPSA) is 67.9 Å². The maximum atomic E-state index is 14.0. The number of hydrogen-bond donors (Lipinski definition) is 1. The Morgan fingerprint density at radius 1 is 1.10 bits per heavy atom. The van der Waals surface area contributed by atoms with Crippen LogP contribution in [0.4, 0.5) is 8.78 Å². The molecule has 0 aliphatic carbocycles. The molecule has 1 aliphatic rings. The summed E-state index contributed by atoms with van der Waals surface area (Å²) in [6.45, 7) is 6.17. The third kappa shape index (κ3) is 4.53. The second-order valence-electron chi connectivity index (χ2n) is 7.33. The molecule has 3 rings (SSSR count). The fourth-order valence-electron chi connectivity index (χ4n) is 3.24. The number of benzene rings is 2. The van der Waals surface area contributed by atoms with E-state index in [0.29, 0.717) is 24.6 Å². The van der Waals surface area contributed by atoms with Gasteiger partial charge in [-0.15, -0.1) is 0 Å². The van der Waals surface area contributed by atoms with Crippen LogP contribution in [0.2, 0.25) is 0 Å². The van der Waals surface area contributed by atoms with Gasteiger partial charge < -0.3 is 19.7 Å². The quantitative estimate of drug-likeness (QED) is 0.748. The van der Waals surface area contributed by atoms with Crippen LogP contribution in [0.1, 0.15) is 36.7 Å². The minimum Gasteiger partial charge on any atom is -0.454 e. The molecule has 0 fully saturated rings. The van der Waals surface area contributed by atoms with Crippen molar-refractivity contribution in [2.75, 3.05) is 13.3 Å². The molecule has 0 saturated carbocycles. The van der Waals surface area contributed by atoms with E-state index in [1.807, 2.05) is 13.0 Å². The Kier molecular flexibility index (Phi) is 6.54. The SMILES string of the molecule is CCN(Cc1ccc2c(c1)OCO2)C(=O)C(NC(=O)c1c(F)cccc1F)C(C)C. The van der Waals surface area contributed by atoms with Crippen molar-refractivity contribution in [1.29, 1.82) is 0 Å². The molecule has 0 bridgehead atoms. The van der Waals surface area contributed by atoms with Crippen molar-refractivity contribution in [3.63, 3.8) is 0 Å². The molecule has 160 valence electrons. The molecule has 2 aromatic carbocycles. The van der Waals surface area contributed by atoms with Crippen LogP contribution in [0.15, 0.2) is 36.4 Å². The highest BCUT2D eigenvalue weighted by atomic mass is 19.1. The van der Waals surface area contributed by atoms with Crippen molar-refractivity contribution in [3.8, 4) is 11.5 Å². The lowest BCUT2D eigenvalue weighted by Gasteiger charge is -2.29. The first kappa shape index (κ1) is 21.5. The Labute approximate surface area is 173 Å². The molecule has 1 atom stereocenters. The van der Waals surface area contributed by atoms with E-state index in [-0.39, 0.29) is 18.6 Å². The fraction of sp³-hybridized carbons (Fsp3) is 0.364. The van der Waals surface area contributed by atoms with Gasteiger partial charge in [-0.2, -0.15) is 0 Å². The van der Waals surface area contributed by atoms with Crippen molar-refractivity contribution in [2.24, 2.45) is 5.92 Å². The summed E-state index contributed by atoms with van der Waals surface area (Å²) in [4.78, 5) is 27.2. The Balaban J connectivity index is 1.77. The van der Waals surface area contributed by atoms with Gasteiger partial charge in [0.1, 0.15) is 23.2 Å². The minimum atomic E-state index is -0.977. The number of amides is 2. The van der Waals surface area contributed by atoms with Crippen LogP contribution in [-0.2, 0) is 11.3 Å². The number of hydrogen-bond acceptors (Lipinski definition) is 4. The number of fused-ring (bicyclic) bond motifs is 1.